The molecule has 2 aromatic rings. The van der Waals surface area contributed by atoms with Gasteiger partial charge in [-0.3, -0.25) is 0 Å². The molecule has 0 aliphatic carbocycles. The molecule has 104 valence electrons. The van der Waals surface area contributed by atoms with Gasteiger partial charge in [0.2, 0.25) is 0 Å². The first-order chi connectivity index (χ1) is 9.66. The quantitative estimate of drug-likeness (QED) is 0.911. The van der Waals surface area contributed by atoms with E-state index in [1.807, 2.05) is 43.3 Å². The van der Waals surface area contributed by atoms with Crippen molar-refractivity contribution in [3.63, 3.8) is 0 Å². The zero-order valence-electron chi connectivity index (χ0n) is 11.1. The Labute approximate surface area is 126 Å². The fraction of sp³-hybridized carbons (Fsp3) is 0.250. The first-order valence-corrected chi connectivity index (χ1v) is 7.29. The summed E-state index contributed by atoms with van der Waals surface area (Å²) in [6.45, 7) is 3.11. The van der Waals surface area contributed by atoms with E-state index < -0.39 is 6.10 Å². The first kappa shape index (κ1) is 13.5. The van der Waals surface area contributed by atoms with Crippen molar-refractivity contribution in [2.75, 3.05) is 13.2 Å². The van der Waals surface area contributed by atoms with Crippen molar-refractivity contribution in [1.82, 2.24) is 0 Å². The molecule has 0 radical (unpaired) electrons. The highest BCUT2D eigenvalue weighted by atomic mass is 79.9. The van der Waals surface area contributed by atoms with E-state index in [0.717, 1.165) is 26.9 Å². The maximum absolute atomic E-state index is 10.6. The van der Waals surface area contributed by atoms with E-state index in [2.05, 4.69) is 15.9 Å². The van der Waals surface area contributed by atoms with Crippen molar-refractivity contribution in [2.24, 2.45) is 0 Å². The van der Waals surface area contributed by atoms with E-state index in [4.69, 9.17) is 9.47 Å². The molecular formula is C16H15BrO3. The fourth-order valence-electron chi connectivity index (χ4n) is 2.29. The Morgan fingerprint density at radius 1 is 1.10 bits per heavy atom. The lowest BCUT2D eigenvalue weighted by Crippen LogP contribution is -2.15. The van der Waals surface area contributed by atoms with Gasteiger partial charge in [0.1, 0.15) is 19.3 Å². The Kier molecular flexibility index (Phi) is 3.68. The summed E-state index contributed by atoms with van der Waals surface area (Å²) in [5.74, 6) is 1.42. The molecule has 3 rings (SSSR count). The number of hydrogen-bond donors (Lipinski definition) is 1. The van der Waals surface area contributed by atoms with E-state index in [0.29, 0.717) is 19.0 Å². The van der Waals surface area contributed by atoms with Crippen LogP contribution in [0, 0.1) is 6.92 Å². The van der Waals surface area contributed by atoms with Crippen LogP contribution in [0.25, 0.3) is 0 Å². The van der Waals surface area contributed by atoms with E-state index in [-0.39, 0.29) is 0 Å². The van der Waals surface area contributed by atoms with Gasteiger partial charge in [0.25, 0.3) is 0 Å². The molecule has 4 heteroatoms. The van der Waals surface area contributed by atoms with Crippen LogP contribution in [0.2, 0.25) is 0 Å². The molecule has 1 aliphatic rings. The topological polar surface area (TPSA) is 38.7 Å². The second kappa shape index (κ2) is 5.46. The van der Waals surface area contributed by atoms with Crippen LogP contribution < -0.4 is 9.47 Å². The van der Waals surface area contributed by atoms with Crippen LogP contribution in [-0.4, -0.2) is 18.3 Å². The van der Waals surface area contributed by atoms with Gasteiger partial charge in [0, 0.05) is 4.47 Å². The highest BCUT2D eigenvalue weighted by molar-refractivity contribution is 9.10. The molecule has 0 spiro atoms. The van der Waals surface area contributed by atoms with Crippen LogP contribution in [0.1, 0.15) is 22.8 Å². The van der Waals surface area contributed by atoms with Crippen LogP contribution >= 0.6 is 15.9 Å². The third kappa shape index (κ3) is 2.41. The first-order valence-electron chi connectivity index (χ1n) is 6.49. The predicted molar refractivity (Wildman–Crippen MR) is 80.4 cm³/mol. The van der Waals surface area contributed by atoms with E-state index in [9.17, 15) is 5.11 Å². The van der Waals surface area contributed by atoms with Crippen molar-refractivity contribution < 1.29 is 14.6 Å². The van der Waals surface area contributed by atoms with Gasteiger partial charge in [-0.2, -0.15) is 0 Å². The zero-order valence-corrected chi connectivity index (χ0v) is 12.7. The minimum absolute atomic E-state index is 0.542. The summed E-state index contributed by atoms with van der Waals surface area (Å²) in [5.41, 5.74) is 2.74. The Morgan fingerprint density at radius 2 is 1.85 bits per heavy atom. The summed E-state index contributed by atoms with van der Waals surface area (Å²) in [7, 11) is 0. The molecule has 0 amide bonds. The lowest BCUT2D eigenvalue weighted by molar-refractivity contribution is 0.169. The normalized spacial score (nSPS) is 14.9. The number of aliphatic hydroxyl groups is 1. The smallest absolute Gasteiger partial charge is 0.161 e. The Morgan fingerprint density at radius 3 is 2.65 bits per heavy atom. The number of fused-ring (bicyclic) bond motifs is 1. The molecule has 1 N–H and O–H groups in total. The van der Waals surface area contributed by atoms with Gasteiger partial charge in [0.15, 0.2) is 11.5 Å². The van der Waals surface area contributed by atoms with Gasteiger partial charge in [-0.1, -0.05) is 40.2 Å². The van der Waals surface area contributed by atoms with Crippen molar-refractivity contribution in [2.45, 2.75) is 13.0 Å². The molecule has 2 aromatic carbocycles. The van der Waals surface area contributed by atoms with Crippen LogP contribution in [0.4, 0.5) is 0 Å². The molecule has 0 aromatic heterocycles. The molecule has 0 saturated heterocycles. The number of hydrogen-bond acceptors (Lipinski definition) is 3. The third-order valence-electron chi connectivity index (χ3n) is 3.40. The van der Waals surface area contributed by atoms with Crippen molar-refractivity contribution in [1.29, 1.82) is 0 Å². The van der Waals surface area contributed by atoms with Gasteiger partial charge in [-0.15, -0.1) is 0 Å². The van der Waals surface area contributed by atoms with Crippen molar-refractivity contribution in [3.05, 3.63) is 57.6 Å². The van der Waals surface area contributed by atoms with Crippen molar-refractivity contribution >= 4 is 15.9 Å². The summed E-state index contributed by atoms with van der Waals surface area (Å²) in [6.07, 6.45) is -0.694. The Bertz CT molecular complexity index is 640. The molecule has 0 bridgehead atoms. The molecule has 20 heavy (non-hydrogen) atoms. The largest absolute Gasteiger partial charge is 0.486 e. The SMILES string of the molecule is Cc1cccc(C(O)c2ccc3c(c2)OCCO3)c1Br. The lowest BCUT2D eigenvalue weighted by Gasteiger charge is -2.21. The zero-order chi connectivity index (χ0) is 14.1. The fourth-order valence-corrected chi connectivity index (χ4v) is 2.77. The number of halogens is 1. The number of rotatable bonds is 2. The van der Waals surface area contributed by atoms with Gasteiger partial charge in [-0.25, -0.2) is 0 Å². The van der Waals surface area contributed by atoms with Crippen LogP contribution in [-0.2, 0) is 0 Å². The van der Waals surface area contributed by atoms with E-state index in [1.54, 1.807) is 0 Å². The lowest BCUT2D eigenvalue weighted by atomic mass is 9.99. The molecule has 1 heterocycles. The molecule has 0 fully saturated rings. The summed E-state index contributed by atoms with van der Waals surface area (Å²) in [6, 6.07) is 11.4. The van der Waals surface area contributed by atoms with Gasteiger partial charge >= 0.3 is 0 Å². The highest BCUT2D eigenvalue weighted by Crippen LogP contribution is 2.36. The number of aliphatic hydroxyl groups excluding tert-OH is 1. The average molecular weight is 335 g/mol. The Balaban J connectivity index is 1.98. The maximum Gasteiger partial charge on any atom is 0.161 e. The second-order valence-corrected chi connectivity index (χ2v) is 5.58. The maximum atomic E-state index is 10.6. The standard InChI is InChI=1S/C16H15BrO3/c1-10-3-2-4-12(15(10)17)16(18)11-5-6-13-14(9-11)20-8-7-19-13/h2-6,9,16,18H,7-8H2,1H3. The van der Waals surface area contributed by atoms with E-state index in [1.165, 1.54) is 0 Å². The number of ether oxygens (including phenoxy) is 2. The molecule has 1 unspecified atom stereocenters. The summed E-state index contributed by atoms with van der Waals surface area (Å²) < 4.78 is 12.0. The third-order valence-corrected chi connectivity index (χ3v) is 4.48. The monoisotopic (exact) mass is 334 g/mol. The molecule has 0 saturated carbocycles. The average Bonchev–Trinajstić information content (AvgIpc) is 2.49. The second-order valence-electron chi connectivity index (χ2n) is 4.78. The number of benzene rings is 2. The van der Waals surface area contributed by atoms with Gasteiger partial charge in [-0.05, 0) is 35.7 Å². The summed E-state index contributed by atoms with van der Waals surface area (Å²) >= 11 is 3.54. The van der Waals surface area contributed by atoms with Crippen LogP contribution in [0.3, 0.4) is 0 Å². The highest BCUT2D eigenvalue weighted by Gasteiger charge is 2.18. The van der Waals surface area contributed by atoms with Gasteiger partial charge in [0.05, 0.1) is 0 Å². The minimum Gasteiger partial charge on any atom is -0.486 e. The van der Waals surface area contributed by atoms with Gasteiger partial charge < -0.3 is 14.6 Å². The van der Waals surface area contributed by atoms with E-state index >= 15 is 0 Å². The summed E-state index contributed by atoms with van der Waals surface area (Å²) in [5, 5.41) is 10.6. The van der Waals surface area contributed by atoms with Crippen molar-refractivity contribution in [3.8, 4) is 11.5 Å². The summed E-state index contributed by atoms with van der Waals surface area (Å²) in [4.78, 5) is 0. The Hall–Kier alpha value is -1.52. The predicted octanol–water partition coefficient (Wildman–Crippen LogP) is 3.61. The minimum atomic E-state index is -0.694. The molecule has 1 atom stereocenters. The van der Waals surface area contributed by atoms with Crippen LogP contribution in [0.5, 0.6) is 11.5 Å². The van der Waals surface area contributed by atoms with Crippen LogP contribution in [0.15, 0.2) is 40.9 Å². The molecule has 3 nitrogen and oxygen atoms in total. The molecule has 1 aliphatic heterocycles. The number of aryl methyl sites for hydroxylation is 1. The molecular weight excluding hydrogens is 320 g/mol.